The van der Waals surface area contributed by atoms with Crippen molar-refractivity contribution in [3.8, 4) is 22.8 Å². The Kier molecular flexibility index (Phi) is 9.73. The summed E-state index contributed by atoms with van der Waals surface area (Å²) in [6.07, 6.45) is 8.28. The maximum Gasteiger partial charge on any atom is 0.143 e. The number of benzene rings is 4. The molecule has 6 rings (SSSR count). The third kappa shape index (κ3) is 8.19. The van der Waals surface area contributed by atoms with Gasteiger partial charge in [-0.15, -0.1) is 0 Å². The zero-order valence-corrected chi connectivity index (χ0v) is 25.0. The van der Waals surface area contributed by atoms with Crippen LogP contribution in [0.4, 0.5) is 0 Å². The molecule has 1 fully saturated rings. The van der Waals surface area contributed by atoms with Crippen LogP contribution in [-0.4, -0.2) is 15.8 Å². The molecule has 5 nitrogen and oxygen atoms in total. The quantitative estimate of drug-likeness (QED) is 0.140. The molecule has 0 aliphatic heterocycles. The van der Waals surface area contributed by atoms with Gasteiger partial charge in [-0.1, -0.05) is 98.5 Å². The maximum absolute atomic E-state index is 13.2. The van der Waals surface area contributed by atoms with E-state index in [0.717, 1.165) is 57.3 Å². The maximum atomic E-state index is 13.2. The van der Waals surface area contributed by atoms with E-state index < -0.39 is 0 Å². The molecule has 1 saturated carbocycles. The predicted molar refractivity (Wildman–Crippen MR) is 174 cm³/mol. The zero-order chi connectivity index (χ0) is 30.0. The minimum atomic E-state index is 0.137. The van der Waals surface area contributed by atoms with Gasteiger partial charge in [0, 0.05) is 12.0 Å². The lowest BCUT2D eigenvalue weighted by Gasteiger charge is -2.14. The second kappa shape index (κ2) is 14.6. The van der Waals surface area contributed by atoms with Crippen molar-refractivity contribution in [3.63, 3.8) is 0 Å². The number of rotatable bonds is 13. The number of hydrogen-bond donors (Lipinski definition) is 0. The smallest absolute Gasteiger partial charge is 0.143 e. The Morgan fingerprint density at radius 2 is 1.20 bits per heavy atom. The van der Waals surface area contributed by atoms with Gasteiger partial charge in [0.05, 0.1) is 29.7 Å². The molecule has 0 radical (unpaired) electrons. The van der Waals surface area contributed by atoms with Gasteiger partial charge in [-0.3, -0.25) is 9.78 Å². The summed E-state index contributed by atoms with van der Waals surface area (Å²) in [5.41, 5.74) is 6.80. The number of aromatic nitrogens is 2. The van der Waals surface area contributed by atoms with Crippen molar-refractivity contribution in [2.24, 2.45) is 5.92 Å². The standard InChI is InChI=1S/C39H38N2O3/c42-34(23-30-15-19-35(20-16-30)43-27-31-11-3-1-4-12-31)25-37-38(24-29-9-7-8-10-29)41-39(26-40-37)33-17-21-36(22-18-33)44-28-32-13-5-2-6-14-32/h1-6,11-22,26,29H,7-10,23-25,27-28H2. The van der Waals surface area contributed by atoms with Gasteiger partial charge in [-0.2, -0.15) is 0 Å². The van der Waals surface area contributed by atoms with Gasteiger partial charge >= 0.3 is 0 Å². The van der Waals surface area contributed by atoms with Crippen LogP contribution in [0.2, 0.25) is 0 Å². The average Bonchev–Trinajstić information content (AvgIpc) is 3.59. The Bertz CT molecular complexity index is 1630. The summed E-state index contributed by atoms with van der Waals surface area (Å²) in [6, 6.07) is 36.1. The van der Waals surface area contributed by atoms with Crippen LogP contribution in [0.25, 0.3) is 11.3 Å². The summed E-state index contributed by atoms with van der Waals surface area (Å²) in [4.78, 5) is 23.1. The van der Waals surface area contributed by atoms with Crippen molar-refractivity contribution in [1.82, 2.24) is 9.97 Å². The normalized spacial score (nSPS) is 13.1. The van der Waals surface area contributed by atoms with Crippen molar-refractivity contribution in [2.45, 2.75) is 58.2 Å². The van der Waals surface area contributed by atoms with E-state index >= 15 is 0 Å². The van der Waals surface area contributed by atoms with Gasteiger partial charge in [0.1, 0.15) is 30.5 Å². The summed E-state index contributed by atoms with van der Waals surface area (Å²) in [7, 11) is 0. The molecule has 1 heterocycles. The number of hydrogen-bond acceptors (Lipinski definition) is 5. The molecule has 222 valence electrons. The second-order valence-electron chi connectivity index (χ2n) is 11.6. The number of carbonyl (C=O) groups is 1. The third-order valence-electron chi connectivity index (χ3n) is 8.22. The van der Waals surface area contributed by atoms with Gasteiger partial charge < -0.3 is 9.47 Å². The van der Waals surface area contributed by atoms with Gasteiger partial charge in [0.15, 0.2) is 0 Å². The van der Waals surface area contributed by atoms with E-state index in [1.54, 1.807) is 6.20 Å². The molecule has 44 heavy (non-hydrogen) atoms. The molecule has 0 N–H and O–H groups in total. The molecule has 0 saturated heterocycles. The number of nitrogens with zero attached hydrogens (tertiary/aromatic N) is 2. The molecule has 5 heteroatoms. The van der Waals surface area contributed by atoms with E-state index in [0.29, 0.717) is 25.6 Å². The lowest BCUT2D eigenvalue weighted by Crippen LogP contribution is -2.13. The fourth-order valence-corrected chi connectivity index (χ4v) is 5.77. The van der Waals surface area contributed by atoms with E-state index in [2.05, 4.69) is 12.1 Å². The fraction of sp³-hybridized carbons (Fsp3) is 0.256. The first-order valence-electron chi connectivity index (χ1n) is 15.6. The Balaban J connectivity index is 1.10. The summed E-state index contributed by atoms with van der Waals surface area (Å²) < 4.78 is 11.9. The molecule has 0 atom stereocenters. The highest BCUT2D eigenvalue weighted by molar-refractivity contribution is 5.83. The van der Waals surface area contributed by atoms with Gasteiger partial charge in [-0.05, 0) is 65.4 Å². The Labute approximate surface area is 259 Å². The van der Waals surface area contributed by atoms with Crippen molar-refractivity contribution in [1.29, 1.82) is 0 Å². The third-order valence-corrected chi connectivity index (χ3v) is 8.22. The average molecular weight is 583 g/mol. The number of ether oxygens (including phenoxy) is 2. The summed E-state index contributed by atoms with van der Waals surface area (Å²) in [5.74, 6) is 2.35. The molecule has 0 amide bonds. The molecule has 1 aliphatic carbocycles. The number of Topliss-reactive ketones (excluding diaryl/α,β-unsaturated/α-hetero) is 1. The first-order valence-corrected chi connectivity index (χ1v) is 15.6. The van der Waals surface area contributed by atoms with Crippen LogP contribution >= 0.6 is 0 Å². The molecule has 1 aliphatic rings. The van der Waals surface area contributed by atoms with Crippen LogP contribution in [0.5, 0.6) is 11.5 Å². The van der Waals surface area contributed by atoms with Gasteiger partial charge in [0.25, 0.3) is 0 Å². The molecule has 5 aromatic rings. The predicted octanol–water partition coefficient (Wildman–Crippen LogP) is 8.39. The highest BCUT2D eigenvalue weighted by atomic mass is 16.5. The Hall–Kier alpha value is -4.77. The van der Waals surface area contributed by atoms with E-state index in [4.69, 9.17) is 19.4 Å². The van der Waals surface area contributed by atoms with Gasteiger partial charge in [-0.25, -0.2) is 4.98 Å². The number of carbonyl (C=O) groups excluding carboxylic acids is 1. The first-order chi connectivity index (χ1) is 21.7. The minimum absolute atomic E-state index is 0.137. The minimum Gasteiger partial charge on any atom is -0.489 e. The van der Waals surface area contributed by atoms with Crippen molar-refractivity contribution >= 4 is 5.78 Å². The van der Waals surface area contributed by atoms with E-state index in [1.165, 1.54) is 25.7 Å². The van der Waals surface area contributed by atoms with E-state index in [-0.39, 0.29) is 12.2 Å². The van der Waals surface area contributed by atoms with E-state index in [1.807, 2.05) is 97.1 Å². The molecule has 0 unspecified atom stereocenters. The van der Waals surface area contributed by atoms with E-state index in [9.17, 15) is 4.79 Å². The second-order valence-corrected chi connectivity index (χ2v) is 11.6. The fourth-order valence-electron chi connectivity index (χ4n) is 5.77. The topological polar surface area (TPSA) is 61.3 Å². The zero-order valence-electron chi connectivity index (χ0n) is 25.0. The molecular weight excluding hydrogens is 544 g/mol. The lowest BCUT2D eigenvalue weighted by molar-refractivity contribution is -0.117. The SMILES string of the molecule is O=C(Cc1ccc(OCc2ccccc2)cc1)Cc1ncc(-c2ccc(OCc3ccccc3)cc2)nc1CC1CCCC1. The number of ketones is 1. The molecular formula is C39H38N2O3. The van der Waals surface area contributed by atoms with Crippen LogP contribution in [-0.2, 0) is 37.3 Å². The van der Waals surface area contributed by atoms with Crippen LogP contribution < -0.4 is 9.47 Å². The van der Waals surface area contributed by atoms with Gasteiger partial charge in [0.2, 0.25) is 0 Å². The van der Waals surface area contributed by atoms with Crippen molar-refractivity contribution in [2.75, 3.05) is 0 Å². The molecule has 0 bridgehead atoms. The molecule has 1 aromatic heterocycles. The molecule has 4 aromatic carbocycles. The summed E-state index contributed by atoms with van der Waals surface area (Å²) >= 11 is 0. The highest BCUT2D eigenvalue weighted by Crippen LogP contribution is 2.30. The summed E-state index contributed by atoms with van der Waals surface area (Å²) in [6.45, 7) is 1.05. The van der Waals surface area contributed by atoms with Crippen LogP contribution in [0.15, 0.2) is 115 Å². The Morgan fingerprint density at radius 3 is 1.80 bits per heavy atom. The largest absolute Gasteiger partial charge is 0.489 e. The van der Waals surface area contributed by atoms with Crippen LogP contribution in [0.3, 0.4) is 0 Å². The molecule has 0 spiro atoms. The Morgan fingerprint density at radius 1 is 0.636 bits per heavy atom. The van der Waals surface area contributed by atoms with Crippen molar-refractivity contribution < 1.29 is 14.3 Å². The van der Waals surface area contributed by atoms with Crippen molar-refractivity contribution in [3.05, 3.63) is 143 Å². The summed E-state index contributed by atoms with van der Waals surface area (Å²) in [5, 5.41) is 0. The van der Waals surface area contributed by atoms with Crippen LogP contribution in [0.1, 0.15) is 53.8 Å². The highest BCUT2D eigenvalue weighted by Gasteiger charge is 2.20. The monoisotopic (exact) mass is 582 g/mol. The van der Waals surface area contributed by atoms with Crippen LogP contribution in [0, 0.1) is 5.92 Å². The lowest BCUT2D eigenvalue weighted by atomic mass is 9.97. The first kappa shape index (κ1) is 29.3.